The molecule has 2 aromatic carbocycles. The molecule has 3 nitrogen and oxygen atoms in total. The van der Waals surface area contributed by atoms with Crippen LogP contribution < -0.4 is 10.6 Å². The minimum Gasteiger partial charge on any atom is -0.385 e. The van der Waals surface area contributed by atoms with Crippen LogP contribution >= 0.6 is 0 Å². The molecule has 2 rings (SSSR count). The molecule has 0 unspecified atom stereocenters. The summed E-state index contributed by atoms with van der Waals surface area (Å²) in [6, 6.07) is 13.6. The van der Waals surface area contributed by atoms with Crippen LogP contribution in [-0.2, 0) is 11.2 Å². The number of rotatable bonds is 8. The van der Waals surface area contributed by atoms with Gasteiger partial charge in [0.1, 0.15) is 5.82 Å². The highest BCUT2D eigenvalue weighted by Gasteiger charge is 2.04. The Morgan fingerprint density at radius 3 is 2.26 bits per heavy atom. The first-order chi connectivity index (χ1) is 11.2. The van der Waals surface area contributed by atoms with Crippen molar-refractivity contribution >= 4 is 17.3 Å². The van der Waals surface area contributed by atoms with Gasteiger partial charge in [-0.15, -0.1) is 0 Å². The van der Waals surface area contributed by atoms with E-state index in [0.29, 0.717) is 0 Å². The van der Waals surface area contributed by atoms with Crippen molar-refractivity contribution in [2.45, 2.75) is 32.6 Å². The van der Waals surface area contributed by atoms with Crippen LogP contribution in [-0.4, -0.2) is 12.5 Å². The summed E-state index contributed by atoms with van der Waals surface area (Å²) in [5, 5.41) is 6.21. The van der Waals surface area contributed by atoms with Crippen molar-refractivity contribution in [3.8, 4) is 0 Å². The second-order valence-corrected chi connectivity index (χ2v) is 5.56. The fourth-order valence-electron chi connectivity index (χ4n) is 2.27. The first kappa shape index (κ1) is 17.0. The van der Waals surface area contributed by atoms with Gasteiger partial charge in [0.05, 0.1) is 6.42 Å². The number of nitrogens with one attached hydrogen (secondary N) is 2. The van der Waals surface area contributed by atoms with Crippen molar-refractivity contribution in [1.29, 1.82) is 0 Å². The van der Waals surface area contributed by atoms with Gasteiger partial charge in [0.15, 0.2) is 0 Å². The molecule has 1 amide bonds. The van der Waals surface area contributed by atoms with Crippen LogP contribution in [0.2, 0.25) is 0 Å². The molecule has 0 bridgehead atoms. The van der Waals surface area contributed by atoms with Crippen molar-refractivity contribution in [2.24, 2.45) is 0 Å². The zero-order valence-corrected chi connectivity index (χ0v) is 13.4. The van der Waals surface area contributed by atoms with E-state index in [-0.39, 0.29) is 18.1 Å². The molecule has 0 aromatic heterocycles. The van der Waals surface area contributed by atoms with E-state index in [1.165, 1.54) is 25.0 Å². The lowest BCUT2D eigenvalue weighted by Crippen LogP contribution is -2.14. The molecule has 0 aliphatic carbocycles. The Bertz CT molecular complexity index is 608. The molecule has 0 fully saturated rings. The van der Waals surface area contributed by atoms with Gasteiger partial charge < -0.3 is 10.6 Å². The molecule has 122 valence electrons. The summed E-state index contributed by atoms with van der Waals surface area (Å²) in [6.07, 6.45) is 3.83. The van der Waals surface area contributed by atoms with E-state index in [2.05, 4.69) is 17.6 Å². The third-order valence-corrected chi connectivity index (χ3v) is 3.56. The maximum absolute atomic E-state index is 12.8. The van der Waals surface area contributed by atoms with Crippen LogP contribution in [0.3, 0.4) is 0 Å². The zero-order valence-electron chi connectivity index (χ0n) is 13.4. The second-order valence-electron chi connectivity index (χ2n) is 5.56. The van der Waals surface area contributed by atoms with E-state index < -0.39 is 0 Å². The van der Waals surface area contributed by atoms with Crippen LogP contribution in [0.4, 0.5) is 15.8 Å². The van der Waals surface area contributed by atoms with Crippen molar-refractivity contribution in [3.05, 3.63) is 59.9 Å². The molecule has 0 spiro atoms. The van der Waals surface area contributed by atoms with E-state index in [9.17, 15) is 9.18 Å². The molecule has 23 heavy (non-hydrogen) atoms. The van der Waals surface area contributed by atoms with Crippen molar-refractivity contribution in [1.82, 2.24) is 0 Å². The number of carbonyl (C=O) groups excluding carboxylic acids is 1. The number of benzene rings is 2. The van der Waals surface area contributed by atoms with E-state index in [1.54, 1.807) is 12.1 Å². The van der Waals surface area contributed by atoms with Gasteiger partial charge in [0.2, 0.25) is 5.91 Å². The van der Waals surface area contributed by atoms with E-state index in [1.807, 2.05) is 24.3 Å². The van der Waals surface area contributed by atoms with Gasteiger partial charge in [-0.25, -0.2) is 4.39 Å². The molecule has 0 saturated heterocycles. The Labute approximate surface area is 136 Å². The summed E-state index contributed by atoms with van der Waals surface area (Å²) < 4.78 is 12.8. The molecule has 0 heterocycles. The first-order valence-electron chi connectivity index (χ1n) is 8.05. The molecule has 0 aliphatic rings. The maximum Gasteiger partial charge on any atom is 0.228 e. The van der Waals surface area contributed by atoms with Crippen LogP contribution in [0.15, 0.2) is 48.5 Å². The highest BCUT2D eigenvalue weighted by atomic mass is 19.1. The van der Waals surface area contributed by atoms with Crippen LogP contribution in [0.5, 0.6) is 0 Å². The molecule has 0 atom stereocenters. The van der Waals surface area contributed by atoms with Crippen LogP contribution in [0.1, 0.15) is 31.7 Å². The number of anilines is 2. The molecule has 4 heteroatoms. The Morgan fingerprint density at radius 2 is 1.61 bits per heavy atom. The number of amides is 1. The smallest absolute Gasteiger partial charge is 0.228 e. The van der Waals surface area contributed by atoms with Gasteiger partial charge in [0.25, 0.3) is 0 Å². The number of unbranched alkanes of at least 4 members (excludes halogenated alkanes) is 2. The van der Waals surface area contributed by atoms with E-state index in [4.69, 9.17) is 0 Å². The quantitative estimate of drug-likeness (QED) is 0.699. The highest BCUT2D eigenvalue weighted by molar-refractivity contribution is 5.92. The normalized spacial score (nSPS) is 10.3. The molecule has 0 saturated carbocycles. The minimum atomic E-state index is -0.295. The first-order valence-corrected chi connectivity index (χ1v) is 8.05. The lowest BCUT2D eigenvalue weighted by molar-refractivity contribution is -0.115. The predicted octanol–water partition coefficient (Wildman–Crippen LogP) is 4.61. The van der Waals surface area contributed by atoms with Gasteiger partial charge in [-0.3, -0.25) is 4.79 Å². The van der Waals surface area contributed by atoms with Crippen LogP contribution in [0.25, 0.3) is 0 Å². The maximum atomic E-state index is 12.8. The topological polar surface area (TPSA) is 41.1 Å². The van der Waals surface area contributed by atoms with Gasteiger partial charge in [0, 0.05) is 17.9 Å². The third-order valence-electron chi connectivity index (χ3n) is 3.56. The highest BCUT2D eigenvalue weighted by Crippen LogP contribution is 2.14. The van der Waals surface area contributed by atoms with Gasteiger partial charge in [-0.1, -0.05) is 31.9 Å². The minimum absolute atomic E-state index is 0.111. The average molecular weight is 314 g/mol. The monoisotopic (exact) mass is 314 g/mol. The van der Waals surface area contributed by atoms with Gasteiger partial charge >= 0.3 is 0 Å². The summed E-state index contributed by atoms with van der Waals surface area (Å²) >= 11 is 0. The van der Waals surface area contributed by atoms with Gasteiger partial charge in [-0.05, 0) is 48.4 Å². The van der Waals surface area contributed by atoms with Crippen molar-refractivity contribution < 1.29 is 9.18 Å². The molecule has 0 radical (unpaired) electrons. The fraction of sp³-hybridized carbons (Fsp3) is 0.316. The fourth-order valence-corrected chi connectivity index (χ4v) is 2.27. The van der Waals surface area contributed by atoms with Crippen LogP contribution in [0, 0.1) is 5.82 Å². The number of carbonyl (C=O) groups is 1. The van der Waals surface area contributed by atoms with Crippen molar-refractivity contribution in [3.63, 3.8) is 0 Å². The standard InChI is InChI=1S/C19H23FN2O/c1-2-3-4-13-21-17-9-11-18(12-10-17)22-19(23)14-15-5-7-16(20)8-6-15/h5-12,21H,2-4,13-14H2,1H3,(H,22,23). The summed E-state index contributed by atoms with van der Waals surface area (Å²) in [5.41, 5.74) is 2.60. The Balaban J connectivity index is 1.80. The lowest BCUT2D eigenvalue weighted by Gasteiger charge is -2.08. The Hall–Kier alpha value is -2.36. The van der Waals surface area contributed by atoms with E-state index >= 15 is 0 Å². The zero-order chi connectivity index (χ0) is 16.5. The van der Waals surface area contributed by atoms with E-state index in [0.717, 1.165) is 29.9 Å². The molecular formula is C19H23FN2O. The second kappa shape index (κ2) is 8.93. The number of halogens is 1. The Kier molecular flexibility index (Phi) is 6.60. The predicted molar refractivity (Wildman–Crippen MR) is 93.2 cm³/mol. The Morgan fingerprint density at radius 1 is 0.957 bits per heavy atom. The molecule has 2 aromatic rings. The summed E-state index contributed by atoms with van der Waals surface area (Å²) in [6.45, 7) is 3.15. The third kappa shape index (κ3) is 6.10. The largest absolute Gasteiger partial charge is 0.385 e. The van der Waals surface area contributed by atoms with Crippen molar-refractivity contribution in [2.75, 3.05) is 17.2 Å². The molecular weight excluding hydrogens is 291 g/mol. The van der Waals surface area contributed by atoms with Gasteiger partial charge in [-0.2, -0.15) is 0 Å². The lowest BCUT2D eigenvalue weighted by atomic mass is 10.1. The average Bonchev–Trinajstić information content (AvgIpc) is 2.55. The summed E-state index contributed by atoms with van der Waals surface area (Å²) in [5.74, 6) is -0.406. The molecule has 2 N–H and O–H groups in total. The molecule has 0 aliphatic heterocycles. The SMILES string of the molecule is CCCCCNc1ccc(NC(=O)Cc2ccc(F)cc2)cc1. The number of hydrogen-bond acceptors (Lipinski definition) is 2. The number of hydrogen-bond donors (Lipinski definition) is 2. The summed E-state index contributed by atoms with van der Waals surface area (Å²) in [4.78, 5) is 12.0. The summed E-state index contributed by atoms with van der Waals surface area (Å²) in [7, 11) is 0.